The number of nitrogens with two attached hydrogens (primary N) is 1. The standard InChI is InChI=1S/C43H61N3O7/c1-2-3-5-8-28-11-12-31(40(50)21-28)9-6-4-7-10-37(42(51)52)39(49)15-17-43(53)27-30(19-29-16-18-45-41(44)22-29)20-33(43)25-34-13-14-38(46-34)32-23-35(47)26-36(48)24-32/h11-14,16,18,22-24,26,28,30-31,33,37,39-40,46-50,53H,2-10,15,17,19-21,25,27H2,1H3,(H2,44,45)(H,51,52)/t28-,30-,31-,33+,37+,39-,40-,43+/m1/s1. The van der Waals surface area contributed by atoms with E-state index < -0.39 is 23.6 Å². The van der Waals surface area contributed by atoms with Crippen LogP contribution in [0, 0.1) is 29.6 Å². The third-order valence-corrected chi connectivity index (χ3v) is 11.9. The Morgan fingerprint density at radius 1 is 0.962 bits per heavy atom. The van der Waals surface area contributed by atoms with Gasteiger partial charge in [0, 0.05) is 35.1 Å². The highest BCUT2D eigenvalue weighted by Crippen LogP contribution is 2.46. The molecule has 1 aromatic carbocycles. The number of benzene rings is 1. The van der Waals surface area contributed by atoms with Crippen molar-refractivity contribution in [2.24, 2.45) is 29.6 Å². The van der Waals surface area contributed by atoms with Crippen molar-refractivity contribution in [1.29, 1.82) is 0 Å². The van der Waals surface area contributed by atoms with Gasteiger partial charge in [-0.1, -0.05) is 57.6 Å². The summed E-state index contributed by atoms with van der Waals surface area (Å²) in [6, 6.07) is 12.0. The van der Waals surface area contributed by atoms with Gasteiger partial charge in [0.05, 0.1) is 23.7 Å². The Hall–Kier alpha value is -3.86. The monoisotopic (exact) mass is 731 g/mol. The average Bonchev–Trinajstić information content (AvgIpc) is 3.69. The van der Waals surface area contributed by atoms with Gasteiger partial charge in [-0.15, -0.1) is 0 Å². The molecular formula is C43H61N3O7. The van der Waals surface area contributed by atoms with Gasteiger partial charge >= 0.3 is 5.97 Å². The summed E-state index contributed by atoms with van der Waals surface area (Å²) >= 11 is 0. The number of nitrogens with one attached hydrogen (secondary N) is 1. The molecule has 5 rings (SSSR count). The average molecular weight is 732 g/mol. The maximum absolute atomic E-state index is 12.3. The largest absolute Gasteiger partial charge is 0.508 e. The Bertz CT molecular complexity index is 1620. The zero-order chi connectivity index (χ0) is 38.0. The van der Waals surface area contributed by atoms with Gasteiger partial charge in [0.2, 0.25) is 0 Å². The second-order valence-corrected chi connectivity index (χ2v) is 16.0. The molecule has 8 atom stereocenters. The summed E-state index contributed by atoms with van der Waals surface area (Å²) in [5, 5.41) is 64.2. The van der Waals surface area contributed by atoms with Crippen LogP contribution in [0.25, 0.3) is 11.3 Å². The van der Waals surface area contributed by atoms with Gasteiger partial charge in [-0.2, -0.15) is 0 Å². The SMILES string of the molecule is CCCCC[C@@H]1C=C[C@@H](CCCCC[C@H](C(=O)O)[C@H](O)CC[C@]2(O)C[C@H](Cc3ccnc(N)c3)C[C@H]2Cc2ccc(-c3cc(O)cc(O)c3)[nH]2)[C@H](O)C1. The van der Waals surface area contributed by atoms with Crippen molar-refractivity contribution in [1.82, 2.24) is 9.97 Å². The van der Waals surface area contributed by atoms with Gasteiger partial charge in [0.15, 0.2) is 0 Å². The molecule has 1 fully saturated rings. The second-order valence-electron chi connectivity index (χ2n) is 16.0. The van der Waals surface area contributed by atoms with Crippen LogP contribution in [-0.2, 0) is 17.6 Å². The molecule has 0 unspecified atom stereocenters. The Balaban J connectivity index is 1.16. The lowest BCUT2D eigenvalue weighted by Gasteiger charge is -2.32. The number of aromatic amines is 1. The minimum absolute atomic E-state index is 0.0399. The molecule has 0 amide bonds. The molecule has 2 aliphatic carbocycles. The van der Waals surface area contributed by atoms with Gasteiger partial charge < -0.3 is 41.4 Å². The minimum atomic E-state index is -1.12. The number of nitrogen functional groups attached to an aromatic ring is 1. The Morgan fingerprint density at radius 3 is 2.45 bits per heavy atom. The molecule has 10 nitrogen and oxygen atoms in total. The molecule has 10 heteroatoms. The topological polar surface area (TPSA) is 193 Å². The zero-order valence-electron chi connectivity index (χ0n) is 31.2. The van der Waals surface area contributed by atoms with E-state index >= 15 is 0 Å². The van der Waals surface area contributed by atoms with Gasteiger partial charge in [0.25, 0.3) is 0 Å². The maximum atomic E-state index is 12.3. The lowest BCUT2D eigenvalue weighted by Crippen LogP contribution is -2.37. The highest BCUT2D eigenvalue weighted by atomic mass is 16.4. The van der Waals surface area contributed by atoms with Gasteiger partial charge in [0.1, 0.15) is 17.3 Å². The third-order valence-electron chi connectivity index (χ3n) is 11.9. The van der Waals surface area contributed by atoms with E-state index in [2.05, 4.69) is 29.0 Å². The van der Waals surface area contributed by atoms with Crippen molar-refractivity contribution in [2.75, 3.05) is 5.73 Å². The molecule has 0 saturated heterocycles. The van der Waals surface area contributed by atoms with Gasteiger partial charge in [-0.05, 0) is 124 Å². The van der Waals surface area contributed by atoms with Crippen molar-refractivity contribution in [2.45, 2.75) is 127 Å². The third kappa shape index (κ3) is 11.6. The lowest BCUT2D eigenvalue weighted by atomic mass is 9.80. The van der Waals surface area contributed by atoms with Crippen LogP contribution < -0.4 is 5.73 Å². The number of carboxylic acid groups (broad SMARTS) is 1. The maximum Gasteiger partial charge on any atom is 0.309 e. The molecule has 0 aliphatic heterocycles. The number of hydrogen-bond donors (Lipinski definition) is 8. The Kier molecular flexibility index (Phi) is 14.4. The molecule has 9 N–H and O–H groups in total. The van der Waals surface area contributed by atoms with E-state index in [1.807, 2.05) is 24.3 Å². The summed E-state index contributed by atoms with van der Waals surface area (Å²) in [5.41, 5.74) is 8.14. The van der Waals surface area contributed by atoms with Crippen LogP contribution in [0.4, 0.5) is 5.82 Å². The van der Waals surface area contributed by atoms with Crippen molar-refractivity contribution in [3.8, 4) is 22.8 Å². The molecule has 1 saturated carbocycles. The number of aliphatic hydroxyl groups excluding tert-OH is 2. The van der Waals surface area contributed by atoms with Crippen LogP contribution in [-0.4, -0.2) is 64.4 Å². The summed E-state index contributed by atoms with van der Waals surface area (Å²) < 4.78 is 0. The summed E-state index contributed by atoms with van der Waals surface area (Å²) in [7, 11) is 0. The fourth-order valence-corrected chi connectivity index (χ4v) is 8.96. The van der Waals surface area contributed by atoms with Crippen molar-refractivity contribution >= 4 is 11.8 Å². The molecule has 53 heavy (non-hydrogen) atoms. The molecule has 3 aromatic rings. The summed E-state index contributed by atoms with van der Waals surface area (Å²) in [6.45, 7) is 2.20. The Morgan fingerprint density at radius 2 is 1.74 bits per heavy atom. The molecule has 2 heterocycles. The van der Waals surface area contributed by atoms with Crippen LogP contribution in [0.15, 0.2) is 60.8 Å². The molecule has 0 spiro atoms. The number of aliphatic hydroxyl groups is 3. The van der Waals surface area contributed by atoms with E-state index in [0.29, 0.717) is 43.0 Å². The Labute approximate surface area is 314 Å². The molecule has 290 valence electrons. The predicted molar refractivity (Wildman–Crippen MR) is 207 cm³/mol. The van der Waals surface area contributed by atoms with Crippen LogP contribution in [0.1, 0.15) is 108 Å². The highest BCUT2D eigenvalue weighted by molar-refractivity contribution is 5.70. The van der Waals surface area contributed by atoms with Crippen molar-refractivity contribution < 1.29 is 35.4 Å². The van der Waals surface area contributed by atoms with Gasteiger partial charge in [-0.25, -0.2) is 4.98 Å². The smallest absolute Gasteiger partial charge is 0.309 e. The highest BCUT2D eigenvalue weighted by Gasteiger charge is 2.46. The second kappa shape index (κ2) is 18.9. The van der Waals surface area contributed by atoms with E-state index in [1.165, 1.54) is 25.3 Å². The van der Waals surface area contributed by atoms with Crippen LogP contribution in [0.3, 0.4) is 0 Å². The zero-order valence-corrected chi connectivity index (χ0v) is 31.2. The van der Waals surface area contributed by atoms with Crippen molar-refractivity contribution in [3.63, 3.8) is 0 Å². The van der Waals surface area contributed by atoms with E-state index in [9.17, 15) is 35.4 Å². The molecule has 2 aliphatic rings. The molecule has 2 aromatic heterocycles. The summed E-state index contributed by atoms with van der Waals surface area (Å²) in [5.74, 6) is -0.951. The molecule has 0 radical (unpaired) electrons. The number of nitrogens with zero attached hydrogens (tertiary/aromatic N) is 1. The summed E-state index contributed by atoms with van der Waals surface area (Å²) in [4.78, 5) is 19.8. The normalized spacial score (nSPS) is 25.4. The number of rotatable bonds is 20. The number of carbonyl (C=O) groups is 1. The minimum Gasteiger partial charge on any atom is -0.508 e. The van der Waals surface area contributed by atoms with Crippen LogP contribution in [0.5, 0.6) is 11.5 Å². The number of phenols is 2. The number of allylic oxidation sites excluding steroid dienone is 1. The number of unbranched alkanes of at least 4 members (excludes halogenated alkanes) is 4. The quantitative estimate of drug-likeness (QED) is 0.0428. The number of anilines is 1. The number of phenolic OH excluding ortho intramolecular Hbond substituents is 2. The number of hydrogen-bond acceptors (Lipinski definition) is 8. The fourth-order valence-electron chi connectivity index (χ4n) is 8.96. The van der Waals surface area contributed by atoms with Crippen LogP contribution in [0.2, 0.25) is 0 Å². The van der Waals surface area contributed by atoms with E-state index in [1.54, 1.807) is 18.3 Å². The molecular weight excluding hydrogens is 670 g/mol. The van der Waals surface area contributed by atoms with Crippen molar-refractivity contribution in [3.05, 3.63) is 72.1 Å². The number of H-pyrrole nitrogens is 1. The van der Waals surface area contributed by atoms with E-state index in [-0.39, 0.29) is 48.2 Å². The first-order valence-corrected chi connectivity index (χ1v) is 19.8. The number of pyridine rings is 1. The van der Waals surface area contributed by atoms with E-state index in [4.69, 9.17) is 5.73 Å². The van der Waals surface area contributed by atoms with Gasteiger partial charge in [-0.3, -0.25) is 4.79 Å². The number of aromatic hydroxyl groups is 2. The summed E-state index contributed by atoms with van der Waals surface area (Å²) in [6.07, 6.45) is 16.9. The predicted octanol–water partition coefficient (Wildman–Crippen LogP) is 7.54. The van der Waals surface area contributed by atoms with E-state index in [0.717, 1.165) is 61.9 Å². The number of carboxylic acids is 1. The number of aromatic nitrogens is 2. The first-order chi connectivity index (χ1) is 25.4. The number of aliphatic carboxylic acids is 1. The molecule has 0 bridgehead atoms. The first-order valence-electron chi connectivity index (χ1n) is 19.8. The fraction of sp³-hybridized carbons (Fsp3) is 0.581. The lowest BCUT2D eigenvalue weighted by molar-refractivity contribution is -0.146. The first kappa shape index (κ1) is 40.3. The van der Waals surface area contributed by atoms with Crippen LogP contribution >= 0.6 is 0 Å².